The van der Waals surface area contributed by atoms with Crippen molar-refractivity contribution in [3.05, 3.63) is 64.1 Å². The minimum Gasteiger partial charge on any atom is -0.380 e. The van der Waals surface area contributed by atoms with Gasteiger partial charge in [0, 0.05) is 31.4 Å². The maximum Gasteiger partial charge on any atom is 0.250 e. The highest BCUT2D eigenvalue weighted by Crippen LogP contribution is 2.12. The molecule has 1 heterocycles. The van der Waals surface area contributed by atoms with E-state index in [1.807, 2.05) is 0 Å². The largest absolute Gasteiger partial charge is 0.380 e. The monoisotopic (exact) mass is 250 g/mol. The van der Waals surface area contributed by atoms with Crippen molar-refractivity contribution in [3.63, 3.8) is 0 Å². The lowest BCUT2D eigenvalue weighted by molar-refractivity contribution is 0.587. The topological polar surface area (TPSA) is 34.0 Å². The molecule has 3 nitrogen and oxygen atoms in total. The van der Waals surface area contributed by atoms with Crippen LogP contribution >= 0.6 is 0 Å². The Morgan fingerprint density at radius 2 is 2.00 bits per heavy atom. The van der Waals surface area contributed by atoms with Crippen molar-refractivity contribution in [2.24, 2.45) is 7.05 Å². The smallest absolute Gasteiger partial charge is 0.250 e. The number of halogens is 2. The Morgan fingerprint density at radius 3 is 2.72 bits per heavy atom. The van der Waals surface area contributed by atoms with E-state index >= 15 is 0 Å². The van der Waals surface area contributed by atoms with Crippen LogP contribution in [0.25, 0.3) is 0 Å². The molecule has 0 aliphatic heterocycles. The van der Waals surface area contributed by atoms with Gasteiger partial charge in [0.15, 0.2) is 0 Å². The molecule has 0 radical (unpaired) electrons. The molecule has 1 aromatic carbocycles. The summed E-state index contributed by atoms with van der Waals surface area (Å²) in [5.74, 6) is -0.942. The minimum absolute atomic E-state index is 0.127. The van der Waals surface area contributed by atoms with Crippen molar-refractivity contribution < 1.29 is 8.78 Å². The van der Waals surface area contributed by atoms with Crippen LogP contribution in [0.1, 0.15) is 5.56 Å². The molecular weight excluding hydrogens is 238 g/mol. The number of nitrogens with zero attached hydrogens (tertiary/aromatic N) is 1. The van der Waals surface area contributed by atoms with E-state index in [9.17, 15) is 13.6 Å². The van der Waals surface area contributed by atoms with Crippen LogP contribution in [-0.2, 0) is 13.6 Å². The molecule has 18 heavy (non-hydrogen) atoms. The number of nitrogens with one attached hydrogen (secondary N) is 1. The second-order valence-electron chi connectivity index (χ2n) is 3.96. The van der Waals surface area contributed by atoms with Crippen LogP contribution in [0.2, 0.25) is 0 Å². The highest BCUT2D eigenvalue weighted by atomic mass is 19.1. The first kappa shape index (κ1) is 12.3. The molecule has 0 atom stereocenters. The van der Waals surface area contributed by atoms with Crippen LogP contribution in [-0.4, -0.2) is 4.57 Å². The van der Waals surface area contributed by atoms with Gasteiger partial charge >= 0.3 is 0 Å². The summed E-state index contributed by atoms with van der Waals surface area (Å²) in [4.78, 5) is 11.2. The Kier molecular flexibility index (Phi) is 3.41. The molecule has 1 aromatic heterocycles. The molecule has 1 N–H and O–H groups in total. The number of aryl methyl sites for hydroxylation is 1. The summed E-state index contributed by atoms with van der Waals surface area (Å²) in [7, 11) is 1.62. The van der Waals surface area contributed by atoms with Crippen LogP contribution in [0.5, 0.6) is 0 Å². The van der Waals surface area contributed by atoms with Gasteiger partial charge in [0.1, 0.15) is 11.6 Å². The highest BCUT2D eigenvalue weighted by molar-refractivity contribution is 5.41. The predicted octanol–water partition coefficient (Wildman–Crippen LogP) is 2.28. The zero-order valence-electron chi connectivity index (χ0n) is 9.78. The number of pyridine rings is 1. The predicted molar refractivity (Wildman–Crippen MR) is 65.4 cm³/mol. The molecule has 2 aromatic rings. The van der Waals surface area contributed by atoms with Crippen molar-refractivity contribution in [2.45, 2.75) is 6.54 Å². The third-order valence-corrected chi connectivity index (χ3v) is 2.58. The summed E-state index contributed by atoms with van der Waals surface area (Å²) in [6, 6.07) is 6.31. The number of anilines is 1. The van der Waals surface area contributed by atoms with Crippen LogP contribution in [0.4, 0.5) is 14.5 Å². The first-order valence-electron chi connectivity index (χ1n) is 5.41. The molecule has 0 saturated heterocycles. The molecule has 0 spiro atoms. The van der Waals surface area contributed by atoms with E-state index in [0.717, 1.165) is 18.2 Å². The van der Waals surface area contributed by atoms with Gasteiger partial charge in [0.05, 0.1) is 5.69 Å². The summed E-state index contributed by atoms with van der Waals surface area (Å²) < 4.78 is 27.7. The molecule has 0 amide bonds. The Bertz CT molecular complexity index is 623. The van der Waals surface area contributed by atoms with E-state index in [1.165, 1.54) is 10.6 Å². The zero-order valence-corrected chi connectivity index (χ0v) is 9.78. The van der Waals surface area contributed by atoms with Crippen LogP contribution in [0, 0.1) is 11.6 Å². The minimum atomic E-state index is -0.478. The van der Waals surface area contributed by atoms with Crippen molar-refractivity contribution in [1.29, 1.82) is 0 Å². The fourth-order valence-electron chi connectivity index (χ4n) is 1.57. The molecule has 0 fully saturated rings. The van der Waals surface area contributed by atoms with Gasteiger partial charge in [-0.05, 0) is 24.3 Å². The van der Waals surface area contributed by atoms with Crippen molar-refractivity contribution >= 4 is 5.69 Å². The number of rotatable bonds is 3. The summed E-state index contributed by atoms with van der Waals surface area (Å²) in [5, 5.41) is 2.93. The maximum atomic E-state index is 13.4. The molecule has 5 heteroatoms. The van der Waals surface area contributed by atoms with Gasteiger partial charge in [-0.1, -0.05) is 0 Å². The molecule has 94 valence electrons. The normalized spacial score (nSPS) is 10.4. The SMILES string of the molecule is Cn1cc(NCc2cc(F)ccc2F)ccc1=O. The third kappa shape index (κ3) is 2.74. The average molecular weight is 250 g/mol. The van der Waals surface area contributed by atoms with Crippen molar-refractivity contribution in [1.82, 2.24) is 4.57 Å². The molecule has 2 rings (SSSR count). The van der Waals surface area contributed by atoms with E-state index in [2.05, 4.69) is 5.32 Å². The Balaban J connectivity index is 2.13. The summed E-state index contributed by atoms with van der Waals surface area (Å²) in [6.07, 6.45) is 1.60. The van der Waals surface area contributed by atoms with Gasteiger partial charge in [0.2, 0.25) is 5.56 Å². The van der Waals surface area contributed by atoms with E-state index in [1.54, 1.807) is 19.3 Å². The molecular formula is C13H12F2N2O. The van der Waals surface area contributed by atoms with E-state index in [0.29, 0.717) is 5.69 Å². The number of hydrogen-bond donors (Lipinski definition) is 1. The van der Waals surface area contributed by atoms with Gasteiger partial charge in [-0.2, -0.15) is 0 Å². The van der Waals surface area contributed by atoms with Crippen LogP contribution < -0.4 is 10.9 Å². The Labute approximate surface area is 103 Å². The second-order valence-corrected chi connectivity index (χ2v) is 3.96. The Morgan fingerprint density at radius 1 is 1.22 bits per heavy atom. The standard InChI is InChI=1S/C13H12F2N2O/c1-17-8-11(3-5-13(17)18)16-7-9-6-10(14)2-4-12(9)15/h2-6,8,16H,7H2,1H3. The van der Waals surface area contributed by atoms with Gasteiger partial charge < -0.3 is 9.88 Å². The van der Waals surface area contributed by atoms with Crippen LogP contribution in [0.3, 0.4) is 0 Å². The molecule has 0 aliphatic carbocycles. The lowest BCUT2D eigenvalue weighted by Gasteiger charge is -2.08. The third-order valence-electron chi connectivity index (χ3n) is 2.58. The van der Waals surface area contributed by atoms with Gasteiger partial charge in [-0.25, -0.2) is 8.78 Å². The van der Waals surface area contributed by atoms with Crippen molar-refractivity contribution in [2.75, 3.05) is 5.32 Å². The fraction of sp³-hybridized carbons (Fsp3) is 0.154. The fourth-order valence-corrected chi connectivity index (χ4v) is 1.57. The second kappa shape index (κ2) is 5.00. The quantitative estimate of drug-likeness (QED) is 0.906. The molecule has 0 bridgehead atoms. The number of benzene rings is 1. The average Bonchev–Trinajstić information content (AvgIpc) is 2.34. The molecule has 0 aliphatic rings. The molecule has 0 saturated carbocycles. The van der Waals surface area contributed by atoms with Gasteiger partial charge in [-0.15, -0.1) is 0 Å². The number of aromatic nitrogens is 1. The van der Waals surface area contributed by atoms with E-state index in [4.69, 9.17) is 0 Å². The van der Waals surface area contributed by atoms with Gasteiger partial charge in [-0.3, -0.25) is 4.79 Å². The summed E-state index contributed by atoms with van der Waals surface area (Å²) >= 11 is 0. The van der Waals surface area contributed by atoms with Crippen LogP contribution in [0.15, 0.2) is 41.3 Å². The zero-order chi connectivity index (χ0) is 13.1. The highest BCUT2D eigenvalue weighted by Gasteiger charge is 2.03. The first-order chi connectivity index (χ1) is 8.56. The van der Waals surface area contributed by atoms with E-state index < -0.39 is 11.6 Å². The summed E-state index contributed by atoms with van der Waals surface area (Å²) in [6.45, 7) is 0.155. The lowest BCUT2D eigenvalue weighted by atomic mass is 10.2. The maximum absolute atomic E-state index is 13.4. The van der Waals surface area contributed by atoms with Crippen molar-refractivity contribution in [3.8, 4) is 0 Å². The van der Waals surface area contributed by atoms with E-state index in [-0.39, 0.29) is 17.7 Å². The Hall–Kier alpha value is -2.17. The lowest BCUT2D eigenvalue weighted by Crippen LogP contribution is -2.15. The number of hydrogen-bond acceptors (Lipinski definition) is 2. The van der Waals surface area contributed by atoms with Gasteiger partial charge in [0.25, 0.3) is 0 Å². The molecule has 0 unspecified atom stereocenters. The summed E-state index contributed by atoms with van der Waals surface area (Å²) in [5.41, 5.74) is 0.780. The first-order valence-corrected chi connectivity index (χ1v) is 5.41.